The molecule has 2 aromatic rings. The summed E-state index contributed by atoms with van der Waals surface area (Å²) in [6.07, 6.45) is 6.49. The van der Waals surface area contributed by atoms with Gasteiger partial charge in [0, 0.05) is 17.9 Å². The van der Waals surface area contributed by atoms with Crippen molar-refractivity contribution < 1.29 is 29.0 Å². The minimum atomic E-state index is -1.02. The number of carbonyl (C=O) groups is 3. The second-order valence-corrected chi connectivity index (χ2v) is 9.29. The van der Waals surface area contributed by atoms with Crippen molar-refractivity contribution in [1.82, 2.24) is 5.32 Å². The number of amides is 1. The highest BCUT2D eigenvalue weighted by Gasteiger charge is 2.47. The SMILES string of the molecule is O=C(O)CCC(=O)OCC[C@H]1C[C@@H](NC(=O)OCC2c3ccccc3-c3ccccc32)[C]2[CH][CH][CH][C]21. The fourth-order valence-corrected chi connectivity index (χ4v) is 5.46. The van der Waals surface area contributed by atoms with Crippen LogP contribution in [0, 0.1) is 37.0 Å². The molecule has 185 valence electrons. The monoisotopic (exact) mass is 486 g/mol. The summed E-state index contributed by atoms with van der Waals surface area (Å²) in [5, 5.41) is 11.7. The normalized spacial score (nSPS) is 21.0. The van der Waals surface area contributed by atoms with Crippen LogP contribution in [-0.4, -0.2) is 42.4 Å². The van der Waals surface area contributed by atoms with Crippen molar-refractivity contribution >= 4 is 18.0 Å². The molecule has 0 heterocycles. The van der Waals surface area contributed by atoms with Gasteiger partial charge in [-0.1, -0.05) is 48.5 Å². The van der Waals surface area contributed by atoms with Gasteiger partial charge >= 0.3 is 18.0 Å². The fourth-order valence-electron chi connectivity index (χ4n) is 5.46. The Morgan fingerprint density at radius 2 is 1.56 bits per heavy atom. The first kappa shape index (κ1) is 24.3. The zero-order valence-electron chi connectivity index (χ0n) is 19.8. The quantitative estimate of drug-likeness (QED) is 0.507. The molecule has 7 nitrogen and oxygen atoms in total. The van der Waals surface area contributed by atoms with E-state index in [0.29, 0.717) is 12.8 Å². The Bertz CT molecular complexity index is 1080. The smallest absolute Gasteiger partial charge is 0.407 e. The van der Waals surface area contributed by atoms with Crippen LogP contribution in [0.15, 0.2) is 48.5 Å². The average molecular weight is 487 g/mol. The molecule has 5 radical (unpaired) electrons. The van der Waals surface area contributed by atoms with Crippen LogP contribution in [0.25, 0.3) is 11.1 Å². The third kappa shape index (κ3) is 5.11. The summed E-state index contributed by atoms with van der Waals surface area (Å²) in [5.74, 6) is 0.815. The number of nitrogens with one attached hydrogen (secondary N) is 1. The highest BCUT2D eigenvalue weighted by atomic mass is 16.5. The van der Waals surface area contributed by atoms with E-state index in [2.05, 4.69) is 29.6 Å². The second-order valence-electron chi connectivity index (χ2n) is 9.29. The summed E-state index contributed by atoms with van der Waals surface area (Å²) in [4.78, 5) is 35.1. The molecule has 5 rings (SSSR count). The van der Waals surface area contributed by atoms with Crippen molar-refractivity contribution in [1.29, 1.82) is 0 Å². The molecule has 1 amide bonds. The van der Waals surface area contributed by atoms with Crippen molar-refractivity contribution in [2.24, 2.45) is 5.92 Å². The van der Waals surface area contributed by atoms with Gasteiger partial charge in [0.15, 0.2) is 0 Å². The van der Waals surface area contributed by atoms with Crippen molar-refractivity contribution in [3.8, 4) is 11.1 Å². The number of ether oxygens (including phenoxy) is 2. The van der Waals surface area contributed by atoms with Crippen molar-refractivity contribution in [2.75, 3.05) is 13.2 Å². The molecule has 2 fully saturated rings. The van der Waals surface area contributed by atoms with Gasteiger partial charge in [0.2, 0.25) is 0 Å². The first-order chi connectivity index (χ1) is 17.5. The maximum absolute atomic E-state index is 12.8. The van der Waals surface area contributed by atoms with E-state index in [1.807, 2.05) is 43.5 Å². The number of carbonyl (C=O) groups excluding carboxylic acids is 2. The zero-order chi connectivity index (χ0) is 25.1. The van der Waals surface area contributed by atoms with Crippen molar-refractivity contribution in [3.63, 3.8) is 0 Å². The standard InChI is InChI=1S/C29H28NO6/c31-27(32)12-13-28(33)35-15-14-18-16-26(24-11-5-10-19(18)24)30-29(34)36-17-25-22-8-3-1-6-20(22)21-7-2-4-9-23(21)25/h1-11,18,25-26H,12-17H2,(H,30,34)(H,31,32)/t18-,26+/m0/s1. The number of alkyl carbamates (subject to hydrolysis) is 1. The maximum Gasteiger partial charge on any atom is 0.407 e. The van der Waals surface area contributed by atoms with Gasteiger partial charge < -0.3 is 19.9 Å². The van der Waals surface area contributed by atoms with Crippen LogP contribution in [0.5, 0.6) is 0 Å². The molecular weight excluding hydrogens is 458 g/mol. The first-order valence-corrected chi connectivity index (χ1v) is 12.3. The zero-order valence-corrected chi connectivity index (χ0v) is 19.8. The van der Waals surface area contributed by atoms with Crippen LogP contribution < -0.4 is 5.32 Å². The number of carboxylic acid groups (broad SMARTS) is 1. The lowest BCUT2D eigenvalue weighted by Gasteiger charge is -2.20. The lowest BCUT2D eigenvalue weighted by molar-refractivity contribution is -0.148. The summed E-state index contributed by atoms with van der Waals surface area (Å²) in [5.41, 5.74) is 4.71. The highest BCUT2D eigenvalue weighted by Crippen LogP contribution is 2.50. The Hall–Kier alpha value is -3.35. The molecule has 0 aromatic heterocycles. The number of carboxylic acids is 1. The van der Waals surface area contributed by atoms with Crippen LogP contribution in [0.4, 0.5) is 4.79 Å². The molecule has 3 aliphatic rings. The Labute approximate surface area is 211 Å². The van der Waals surface area contributed by atoms with Gasteiger partial charge in [0.25, 0.3) is 0 Å². The van der Waals surface area contributed by atoms with Gasteiger partial charge in [0.05, 0.1) is 19.4 Å². The second kappa shape index (κ2) is 10.7. The van der Waals surface area contributed by atoms with Gasteiger partial charge in [-0.2, -0.15) is 0 Å². The maximum atomic E-state index is 12.8. The van der Waals surface area contributed by atoms with Crippen LogP contribution in [0.3, 0.4) is 0 Å². The van der Waals surface area contributed by atoms with E-state index >= 15 is 0 Å². The molecule has 2 N–H and O–H groups in total. The van der Waals surface area contributed by atoms with Gasteiger partial charge in [-0.15, -0.1) is 0 Å². The number of rotatable bonds is 9. The number of benzene rings is 2. The van der Waals surface area contributed by atoms with E-state index in [9.17, 15) is 14.4 Å². The predicted octanol–water partition coefficient (Wildman–Crippen LogP) is 4.49. The summed E-state index contributed by atoms with van der Waals surface area (Å²) in [7, 11) is 0. The minimum absolute atomic E-state index is 0.00442. The molecule has 0 bridgehead atoms. The summed E-state index contributed by atoms with van der Waals surface area (Å²) in [6.45, 7) is 0.474. The number of hydrogen-bond acceptors (Lipinski definition) is 5. The number of hydrogen-bond donors (Lipinski definition) is 2. The lowest BCUT2D eigenvalue weighted by atomic mass is 9.90. The predicted molar refractivity (Wildman–Crippen MR) is 132 cm³/mol. The minimum Gasteiger partial charge on any atom is -0.481 e. The Balaban J connectivity index is 1.13. The van der Waals surface area contributed by atoms with E-state index in [0.717, 1.165) is 11.8 Å². The average Bonchev–Trinajstić information content (AvgIpc) is 3.56. The summed E-state index contributed by atoms with van der Waals surface area (Å²) < 4.78 is 10.9. The number of esters is 1. The molecule has 2 aromatic carbocycles. The van der Waals surface area contributed by atoms with E-state index in [1.54, 1.807) is 0 Å². The first-order valence-electron chi connectivity index (χ1n) is 12.3. The van der Waals surface area contributed by atoms with Crippen LogP contribution in [0.2, 0.25) is 0 Å². The fraction of sp³-hybridized carbons (Fsp3) is 0.310. The van der Waals surface area contributed by atoms with Crippen LogP contribution in [0.1, 0.15) is 42.7 Å². The molecule has 0 unspecified atom stereocenters. The highest BCUT2D eigenvalue weighted by molar-refractivity contribution is 5.79. The number of aliphatic carboxylic acids is 1. The van der Waals surface area contributed by atoms with E-state index in [1.165, 1.54) is 22.3 Å². The van der Waals surface area contributed by atoms with Crippen molar-refractivity contribution in [3.05, 3.63) is 90.8 Å². The Morgan fingerprint density at radius 1 is 0.889 bits per heavy atom. The van der Waals surface area contributed by atoms with Crippen LogP contribution in [-0.2, 0) is 19.1 Å². The third-order valence-corrected chi connectivity index (χ3v) is 7.13. The molecule has 3 aliphatic carbocycles. The van der Waals surface area contributed by atoms with Gasteiger partial charge in [-0.3, -0.25) is 9.59 Å². The van der Waals surface area contributed by atoms with Gasteiger partial charge in [-0.25, -0.2) is 4.79 Å². The van der Waals surface area contributed by atoms with E-state index in [-0.39, 0.29) is 43.9 Å². The van der Waals surface area contributed by atoms with E-state index < -0.39 is 18.0 Å². The largest absolute Gasteiger partial charge is 0.481 e. The molecular formula is C29H28NO6. The van der Waals surface area contributed by atoms with Gasteiger partial charge in [0.1, 0.15) is 6.61 Å². The molecule has 2 atom stereocenters. The molecule has 7 heteroatoms. The summed E-state index contributed by atoms with van der Waals surface area (Å²) >= 11 is 0. The Kier molecular flexibility index (Phi) is 7.25. The number of fused-ring (bicyclic) bond motifs is 4. The topological polar surface area (TPSA) is 102 Å². The lowest BCUT2D eigenvalue weighted by Crippen LogP contribution is -2.37. The molecule has 0 aliphatic heterocycles. The van der Waals surface area contributed by atoms with E-state index in [4.69, 9.17) is 14.6 Å². The molecule has 0 saturated heterocycles. The van der Waals surface area contributed by atoms with Crippen molar-refractivity contribution in [2.45, 2.75) is 37.6 Å². The summed E-state index contributed by atoms with van der Waals surface area (Å²) in [6, 6.07) is 16.3. The molecule has 0 spiro atoms. The molecule has 2 saturated carbocycles. The Morgan fingerprint density at radius 3 is 2.25 bits per heavy atom. The van der Waals surface area contributed by atoms with Crippen LogP contribution >= 0.6 is 0 Å². The van der Waals surface area contributed by atoms with Gasteiger partial charge in [-0.05, 0) is 66.2 Å². The third-order valence-electron chi connectivity index (χ3n) is 7.13. The molecule has 36 heavy (non-hydrogen) atoms.